The van der Waals surface area contributed by atoms with Crippen LogP contribution in [-0.2, 0) is 21.7 Å². The third kappa shape index (κ3) is 1400. The molecule has 0 amide bonds. The van der Waals surface area contributed by atoms with E-state index in [1.807, 2.05) is 0 Å². The van der Waals surface area contributed by atoms with Crippen LogP contribution in [0.3, 0.4) is 0 Å². The van der Waals surface area contributed by atoms with Crippen LogP contribution < -0.4 is 0 Å². The minimum absolute atomic E-state index is 0. The molecule has 0 heterocycles. The van der Waals surface area contributed by atoms with Gasteiger partial charge in [-0.25, -0.2) is 0 Å². The average molecular weight is 191 g/mol. The van der Waals surface area contributed by atoms with Crippen molar-refractivity contribution < 1.29 is 37.0 Å². The Morgan fingerprint density at radius 2 is 0.600 bits per heavy atom. The number of hydrogen-bond acceptors (Lipinski definition) is 3. The first-order valence-electron chi connectivity index (χ1n) is 1.34. The maximum absolute atomic E-state index is 7.00. The van der Waals surface area contributed by atoms with Crippen molar-refractivity contribution in [2.75, 3.05) is 21.3 Å². The van der Waals surface area contributed by atoms with Gasteiger partial charge in [0.25, 0.3) is 0 Å². The SMILES string of the molecule is C.C.CO.CO.CO.[CH3-].[Ti]. The molecule has 0 saturated heterocycles. The second kappa shape index (κ2) is 2010. The van der Waals surface area contributed by atoms with Gasteiger partial charge < -0.3 is 22.7 Å². The number of aliphatic hydroxyl groups excluding tert-OH is 3. The van der Waals surface area contributed by atoms with E-state index in [4.69, 9.17) is 15.3 Å². The molecule has 0 aromatic carbocycles. The normalized spacial score (nSPS) is 1.80. The van der Waals surface area contributed by atoms with Crippen LogP contribution in [0.1, 0.15) is 14.9 Å². The van der Waals surface area contributed by atoms with Gasteiger partial charge >= 0.3 is 0 Å². The molecule has 0 fully saturated rings. The third-order valence-corrected chi connectivity index (χ3v) is 0. The first-order valence-corrected chi connectivity index (χ1v) is 1.34. The minimum Gasteiger partial charge on any atom is -0.400 e. The fourth-order valence-electron chi connectivity index (χ4n) is 0. The standard InChI is InChI=1S/3CH4O.2CH4.CH3.Ti/c3*1-2;;;;/h3*2H,1H3;2*1H4;1H3;/q;;;;;-1;. The maximum atomic E-state index is 7.00. The number of hydrogen-bond donors (Lipinski definition) is 3. The van der Waals surface area contributed by atoms with Crippen LogP contribution in [0.2, 0.25) is 0 Å². The Kier molecular flexibility index (Phi) is 15100. The zero-order valence-corrected chi connectivity index (χ0v) is 7.40. The van der Waals surface area contributed by atoms with Crippen molar-refractivity contribution >= 4 is 0 Å². The van der Waals surface area contributed by atoms with Crippen LogP contribution in [0.4, 0.5) is 0 Å². The molecule has 0 bridgehead atoms. The summed E-state index contributed by atoms with van der Waals surface area (Å²) in [6.07, 6.45) is 0. The summed E-state index contributed by atoms with van der Waals surface area (Å²) in [4.78, 5) is 0. The monoisotopic (exact) mass is 191 g/mol. The predicted octanol–water partition coefficient (Wildman–Crippen LogP) is 0.545. The number of aliphatic hydroxyl groups is 3. The first-order chi connectivity index (χ1) is 3.00. The molecule has 0 saturated carbocycles. The summed E-state index contributed by atoms with van der Waals surface area (Å²) in [6, 6.07) is 0. The molecule has 0 radical (unpaired) electrons. The van der Waals surface area contributed by atoms with Crippen molar-refractivity contribution in [3.63, 3.8) is 0 Å². The molecule has 10 heavy (non-hydrogen) atoms. The van der Waals surface area contributed by atoms with Gasteiger partial charge in [0.1, 0.15) is 0 Å². The molecule has 0 aliphatic rings. The molecule has 0 unspecified atom stereocenters. The fourth-order valence-corrected chi connectivity index (χ4v) is 0. The molecule has 70 valence electrons. The summed E-state index contributed by atoms with van der Waals surface area (Å²) >= 11 is 0. The largest absolute Gasteiger partial charge is 0.400 e. The smallest absolute Gasteiger partial charge is 0.0319 e. The van der Waals surface area contributed by atoms with Crippen molar-refractivity contribution in [1.82, 2.24) is 0 Å². The molecule has 3 nitrogen and oxygen atoms in total. The predicted molar refractivity (Wildman–Crippen MR) is 44.3 cm³/mol. The van der Waals surface area contributed by atoms with E-state index in [1.54, 1.807) is 0 Å². The zero-order chi connectivity index (χ0) is 6.00. The molecule has 0 rings (SSSR count). The van der Waals surface area contributed by atoms with Gasteiger partial charge in [0.2, 0.25) is 0 Å². The van der Waals surface area contributed by atoms with E-state index in [1.165, 1.54) is 0 Å². The molecule has 0 aromatic heterocycles. The molecule has 3 N–H and O–H groups in total. The first kappa shape index (κ1) is 75.5. The van der Waals surface area contributed by atoms with E-state index >= 15 is 0 Å². The second-order valence-electron chi connectivity index (χ2n) is 0. The van der Waals surface area contributed by atoms with Gasteiger partial charge in [0.15, 0.2) is 0 Å². The van der Waals surface area contributed by atoms with E-state index in [0.29, 0.717) is 0 Å². The van der Waals surface area contributed by atoms with Gasteiger partial charge in [-0.1, -0.05) is 14.9 Å². The average Bonchev–Trinajstić information content (AvgIpc) is 1.81. The summed E-state index contributed by atoms with van der Waals surface area (Å²) in [5.74, 6) is 0. The van der Waals surface area contributed by atoms with E-state index < -0.39 is 0 Å². The third-order valence-electron chi connectivity index (χ3n) is 0. The summed E-state index contributed by atoms with van der Waals surface area (Å²) in [6.45, 7) is 0. The molecular formula is C6H23O3Ti-. The van der Waals surface area contributed by atoms with E-state index in [-0.39, 0.29) is 44.0 Å². The van der Waals surface area contributed by atoms with Gasteiger partial charge in [-0.05, 0) is 0 Å². The van der Waals surface area contributed by atoms with Crippen molar-refractivity contribution in [2.24, 2.45) is 0 Å². The molecule has 0 spiro atoms. The van der Waals surface area contributed by atoms with Crippen molar-refractivity contribution in [2.45, 2.75) is 14.9 Å². The topological polar surface area (TPSA) is 60.7 Å². The quantitative estimate of drug-likeness (QED) is 0.387. The van der Waals surface area contributed by atoms with Crippen molar-refractivity contribution in [1.29, 1.82) is 0 Å². The van der Waals surface area contributed by atoms with Crippen molar-refractivity contribution in [3.8, 4) is 0 Å². The summed E-state index contributed by atoms with van der Waals surface area (Å²) < 4.78 is 0. The Morgan fingerprint density at radius 1 is 0.600 bits per heavy atom. The van der Waals surface area contributed by atoms with Gasteiger partial charge in [-0.2, -0.15) is 0 Å². The van der Waals surface area contributed by atoms with Crippen molar-refractivity contribution in [3.05, 3.63) is 7.43 Å². The Balaban J connectivity index is -0.00000000225. The van der Waals surface area contributed by atoms with E-state index in [9.17, 15) is 0 Å². The van der Waals surface area contributed by atoms with Gasteiger partial charge in [0, 0.05) is 43.0 Å². The van der Waals surface area contributed by atoms with Crippen LogP contribution in [0.15, 0.2) is 0 Å². The summed E-state index contributed by atoms with van der Waals surface area (Å²) in [5.41, 5.74) is 0. The van der Waals surface area contributed by atoms with Crippen LogP contribution in [0.5, 0.6) is 0 Å². The molecule has 4 heteroatoms. The Labute approximate surface area is 81.0 Å². The molecular weight excluding hydrogens is 168 g/mol. The molecule has 0 aliphatic carbocycles. The van der Waals surface area contributed by atoms with E-state index in [0.717, 1.165) is 21.3 Å². The van der Waals surface area contributed by atoms with Gasteiger partial charge in [0.05, 0.1) is 0 Å². The minimum atomic E-state index is 0. The zero-order valence-electron chi connectivity index (χ0n) is 5.84. The molecule has 0 atom stereocenters. The van der Waals surface area contributed by atoms with E-state index in [2.05, 4.69) is 0 Å². The van der Waals surface area contributed by atoms with Crippen LogP contribution >= 0.6 is 0 Å². The van der Waals surface area contributed by atoms with Crippen LogP contribution in [0, 0.1) is 7.43 Å². The second-order valence-corrected chi connectivity index (χ2v) is 0. The number of rotatable bonds is 0. The Hall–Kier alpha value is 0.594. The van der Waals surface area contributed by atoms with Gasteiger partial charge in [-0.15, -0.1) is 0 Å². The maximum Gasteiger partial charge on any atom is 0.0319 e. The summed E-state index contributed by atoms with van der Waals surface area (Å²) in [5, 5.41) is 21.0. The van der Waals surface area contributed by atoms with Gasteiger partial charge in [-0.3, -0.25) is 0 Å². The van der Waals surface area contributed by atoms with Crippen LogP contribution in [0.25, 0.3) is 0 Å². The Morgan fingerprint density at radius 3 is 0.600 bits per heavy atom. The Bertz CT molecular complexity index is 13.0. The van der Waals surface area contributed by atoms with Crippen LogP contribution in [-0.4, -0.2) is 36.6 Å². The summed E-state index contributed by atoms with van der Waals surface area (Å²) in [7, 11) is 3.00. The molecule has 0 aliphatic heterocycles. The fraction of sp³-hybridized carbons (Fsp3) is 0.833. The molecule has 0 aromatic rings.